The van der Waals surface area contributed by atoms with Gasteiger partial charge in [0.15, 0.2) is 0 Å². The lowest BCUT2D eigenvalue weighted by atomic mass is 10.1. The molecule has 0 unspecified atom stereocenters. The topological polar surface area (TPSA) is 51.8 Å². The fourth-order valence-electron chi connectivity index (χ4n) is 2.10. The number of pyridine rings is 1. The Morgan fingerprint density at radius 3 is 2.50 bits per heavy atom. The average Bonchev–Trinajstić information content (AvgIpc) is 2.92. The molecular weight excluding hydrogens is 266 g/mol. The lowest BCUT2D eigenvalue weighted by Gasteiger charge is -2.02. The zero-order valence-corrected chi connectivity index (χ0v) is 11.8. The molecule has 2 N–H and O–H groups in total. The van der Waals surface area contributed by atoms with Gasteiger partial charge in [-0.05, 0) is 12.1 Å². The molecule has 20 heavy (non-hydrogen) atoms. The quantitative estimate of drug-likeness (QED) is 0.798. The van der Waals surface area contributed by atoms with Crippen LogP contribution in [-0.4, -0.2) is 9.97 Å². The SMILES string of the molecule is NCc1nc(-c2ccccc2)c(Cc2ccccn2)s1. The van der Waals surface area contributed by atoms with Crippen LogP contribution in [0, 0.1) is 0 Å². The summed E-state index contributed by atoms with van der Waals surface area (Å²) < 4.78 is 0. The highest BCUT2D eigenvalue weighted by molar-refractivity contribution is 7.12. The number of hydrogen-bond donors (Lipinski definition) is 1. The Kier molecular flexibility index (Phi) is 3.85. The van der Waals surface area contributed by atoms with Gasteiger partial charge in [0.05, 0.1) is 5.69 Å². The van der Waals surface area contributed by atoms with Crippen molar-refractivity contribution in [1.82, 2.24) is 9.97 Å². The molecule has 1 aromatic carbocycles. The summed E-state index contributed by atoms with van der Waals surface area (Å²) in [7, 11) is 0. The second-order valence-electron chi connectivity index (χ2n) is 4.45. The number of aromatic nitrogens is 2. The van der Waals surface area contributed by atoms with Gasteiger partial charge in [0.1, 0.15) is 5.01 Å². The van der Waals surface area contributed by atoms with Crippen LogP contribution in [0.5, 0.6) is 0 Å². The van der Waals surface area contributed by atoms with Crippen molar-refractivity contribution in [3.05, 3.63) is 70.3 Å². The number of thiazole rings is 1. The van der Waals surface area contributed by atoms with Gasteiger partial charge < -0.3 is 5.73 Å². The average molecular weight is 281 g/mol. The van der Waals surface area contributed by atoms with E-state index in [0.29, 0.717) is 6.54 Å². The Bertz CT molecular complexity index is 677. The fraction of sp³-hybridized carbons (Fsp3) is 0.125. The van der Waals surface area contributed by atoms with Crippen molar-refractivity contribution in [2.75, 3.05) is 0 Å². The number of nitrogens with zero attached hydrogens (tertiary/aromatic N) is 2. The van der Waals surface area contributed by atoms with Gasteiger partial charge in [0.2, 0.25) is 0 Å². The standard InChI is InChI=1S/C16H15N3S/c17-11-15-19-16(12-6-2-1-3-7-12)14(20-15)10-13-8-4-5-9-18-13/h1-9H,10-11,17H2. The third-order valence-electron chi connectivity index (χ3n) is 3.03. The van der Waals surface area contributed by atoms with Gasteiger partial charge in [-0.15, -0.1) is 11.3 Å². The molecule has 0 fully saturated rings. The largest absolute Gasteiger partial charge is 0.325 e. The van der Waals surface area contributed by atoms with Crippen molar-refractivity contribution in [3.63, 3.8) is 0 Å². The molecule has 2 heterocycles. The molecule has 2 aromatic heterocycles. The van der Waals surface area contributed by atoms with Crippen LogP contribution in [0.4, 0.5) is 0 Å². The molecule has 100 valence electrons. The lowest BCUT2D eigenvalue weighted by Crippen LogP contribution is -1.94. The monoisotopic (exact) mass is 281 g/mol. The summed E-state index contributed by atoms with van der Waals surface area (Å²) in [6.07, 6.45) is 2.62. The minimum absolute atomic E-state index is 0.479. The zero-order valence-electron chi connectivity index (χ0n) is 11.0. The lowest BCUT2D eigenvalue weighted by molar-refractivity contribution is 1.04. The minimum atomic E-state index is 0.479. The number of rotatable bonds is 4. The highest BCUT2D eigenvalue weighted by Gasteiger charge is 2.13. The van der Waals surface area contributed by atoms with Crippen molar-refractivity contribution in [2.24, 2.45) is 5.73 Å². The molecular formula is C16H15N3S. The van der Waals surface area contributed by atoms with E-state index < -0.39 is 0 Å². The molecule has 3 aromatic rings. The molecule has 0 spiro atoms. The van der Waals surface area contributed by atoms with Crippen LogP contribution in [0.15, 0.2) is 54.7 Å². The van der Waals surface area contributed by atoms with Crippen molar-refractivity contribution >= 4 is 11.3 Å². The van der Waals surface area contributed by atoms with Gasteiger partial charge in [-0.1, -0.05) is 36.4 Å². The van der Waals surface area contributed by atoms with E-state index in [4.69, 9.17) is 5.73 Å². The van der Waals surface area contributed by atoms with Crippen LogP contribution in [0.25, 0.3) is 11.3 Å². The van der Waals surface area contributed by atoms with Gasteiger partial charge in [-0.3, -0.25) is 4.98 Å². The van der Waals surface area contributed by atoms with Crippen molar-refractivity contribution < 1.29 is 0 Å². The second-order valence-corrected chi connectivity index (χ2v) is 5.62. The molecule has 0 saturated heterocycles. The van der Waals surface area contributed by atoms with Crippen LogP contribution < -0.4 is 5.73 Å². The summed E-state index contributed by atoms with van der Waals surface area (Å²) in [5.41, 5.74) is 8.95. The third kappa shape index (κ3) is 2.76. The first kappa shape index (κ1) is 13.0. The second kappa shape index (κ2) is 5.94. The number of benzene rings is 1. The van der Waals surface area contributed by atoms with Crippen LogP contribution in [0.3, 0.4) is 0 Å². The zero-order chi connectivity index (χ0) is 13.8. The van der Waals surface area contributed by atoms with E-state index in [1.54, 1.807) is 11.3 Å². The molecule has 4 heteroatoms. The Hall–Kier alpha value is -2.04. The van der Waals surface area contributed by atoms with Crippen LogP contribution >= 0.6 is 11.3 Å². The Morgan fingerprint density at radius 1 is 1.00 bits per heavy atom. The summed E-state index contributed by atoms with van der Waals surface area (Å²) in [5.74, 6) is 0. The van der Waals surface area contributed by atoms with Crippen molar-refractivity contribution in [2.45, 2.75) is 13.0 Å². The normalized spacial score (nSPS) is 10.7. The summed E-state index contributed by atoms with van der Waals surface area (Å²) in [6, 6.07) is 16.2. The molecule has 0 amide bonds. The number of hydrogen-bond acceptors (Lipinski definition) is 4. The molecule has 0 radical (unpaired) electrons. The van der Waals surface area contributed by atoms with Gasteiger partial charge in [-0.2, -0.15) is 0 Å². The first-order valence-electron chi connectivity index (χ1n) is 6.51. The first-order valence-corrected chi connectivity index (χ1v) is 7.32. The molecule has 3 rings (SSSR count). The maximum Gasteiger partial charge on any atom is 0.107 e. The predicted octanol–water partition coefficient (Wildman–Crippen LogP) is 3.25. The Morgan fingerprint density at radius 2 is 1.80 bits per heavy atom. The van der Waals surface area contributed by atoms with Gasteiger partial charge in [0.25, 0.3) is 0 Å². The van der Waals surface area contributed by atoms with Crippen molar-refractivity contribution in [1.29, 1.82) is 0 Å². The van der Waals surface area contributed by atoms with Crippen LogP contribution in [0.2, 0.25) is 0 Å². The van der Waals surface area contributed by atoms with E-state index >= 15 is 0 Å². The van der Waals surface area contributed by atoms with Crippen molar-refractivity contribution in [3.8, 4) is 11.3 Å². The molecule has 0 aliphatic heterocycles. The number of nitrogens with two attached hydrogens (primary N) is 1. The summed E-state index contributed by atoms with van der Waals surface area (Å²) >= 11 is 1.67. The van der Waals surface area contributed by atoms with Gasteiger partial charge in [0, 0.05) is 35.3 Å². The van der Waals surface area contributed by atoms with Crippen LogP contribution in [-0.2, 0) is 13.0 Å². The molecule has 0 bridgehead atoms. The maximum absolute atomic E-state index is 5.74. The van der Waals surface area contributed by atoms with E-state index in [-0.39, 0.29) is 0 Å². The van der Waals surface area contributed by atoms with E-state index in [1.807, 2.05) is 42.6 Å². The summed E-state index contributed by atoms with van der Waals surface area (Å²) in [5, 5.41) is 0.967. The fourth-order valence-corrected chi connectivity index (χ4v) is 3.08. The van der Waals surface area contributed by atoms with E-state index in [9.17, 15) is 0 Å². The first-order chi connectivity index (χ1) is 9.86. The van der Waals surface area contributed by atoms with Gasteiger partial charge in [-0.25, -0.2) is 4.98 Å². The van der Waals surface area contributed by atoms with E-state index in [0.717, 1.165) is 28.4 Å². The molecule has 0 aliphatic carbocycles. The van der Waals surface area contributed by atoms with Gasteiger partial charge >= 0.3 is 0 Å². The summed E-state index contributed by atoms with van der Waals surface area (Å²) in [4.78, 5) is 10.3. The Balaban J connectivity index is 2.00. The minimum Gasteiger partial charge on any atom is -0.325 e. The Labute approximate surface area is 122 Å². The molecule has 3 nitrogen and oxygen atoms in total. The molecule has 0 atom stereocenters. The molecule has 0 aliphatic rings. The maximum atomic E-state index is 5.74. The highest BCUT2D eigenvalue weighted by atomic mass is 32.1. The molecule has 0 saturated carbocycles. The van der Waals surface area contributed by atoms with E-state index in [1.165, 1.54) is 4.88 Å². The predicted molar refractivity (Wildman–Crippen MR) is 82.5 cm³/mol. The summed E-state index contributed by atoms with van der Waals surface area (Å²) in [6.45, 7) is 0.479. The smallest absolute Gasteiger partial charge is 0.107 e. The van der Waals surface area contributed by atoms with E-state index in [2.05, 4.69) is 22.1 Å². The van der Waals surface area contributed by atoms with Crippen LogP contribution in [0.1, 0.15) is 15.6 Å². The third-order valence-corrected chi connectivity index (χ3v) is 4.11. The highest BCUT2D eigenvalue weighted by Crippen LogP contribution is 2.29.